The Hall–Kier alpha value is -5.70. The van der Waals surface area contributed by atoms with E-state index in [9.17, 15) is 29.1 Å². The third kappa shape index (κ3) is 14.6. The van der Waals surface area contributed by atoms with E-state index in [1.54, 1.807) is 12.1 Å². The number of carboxylic acid groups (broad SMARTS) is 5. The summed E-state index contributed by atoms with van der Waals surface area (Å²) < 4.78 is 6.08. The van der Waals surface area contributed by atoms with Crippen LogP contribution in [0.3, 0.4) is 0 Å². The number of nitrogens with zero attached hydrogens (tertiary/aromatic N) is 2. The van der Waals surface area contributed by atoms with E-state index < -0.39 is 29.8 Å². The molecule has 0 bridgehead atoms. The molecule has 1 saturated heterocycles. The Balaban J connectivity index is 0.000000380. The number of carboxylic acids is 5. The Kier molecular flexibility index (Phi) is 16.8. The van der Waals surface area contributed by atoms with Crippen LogP contribution in [0.5, 0.6) is 5.75 Å². The summed E-state index contributed by atoms with van der Waals surface area (Å²) in [6, 6.07) is 24.0. The van der Waals surface area contributed by atoms with Gasteiger partial charge in [0.1, 0.15) is 12.4 Å². The maximum Gasteiger partial charge on any atom is 0.335 e. The molecule has 2 heterocycles. The van der Waals surface area contributed by atoms with Crippen LogP contribution >= 0.6 is 11.8 Å². The number of thioether (sulfide) groups is 1. The van der Waals surface area contributed by atoms with Gasteiger partial charge in [-0.1, -0.05) is 66.7 Å². The van der Waals surface area contributed by atoms with E-state index in [2.05, 4.69) is 64.4 Å². The standard InChI is InChI=1S/C30H32N2O3S.2C4H4O4/c33-30(34)24-12-13-28-27(21-24)29(26-11-5-4-10-25(26)22-35-28)36-20-19-32-17-15-31(16-18-32)14-6-9-23-7-2-1-3-8-23;2*5-3(6)1-2-4(7)8/h1-13,21,29H,14-20,22H2,(H,33,34);2*1-2H,(H,5,6)(H,7,8)/b9-6+;2*2-1+. The van der Waals surface area contributed by atoms with E-state index in [-0.39, 0.29) is 5.25 Å². The quantitative estimate of drug-likeness (QED) is 0.158. The minimum atomic E-state index is -1.26. The first kappa shape index (κ1) is 40.7. The molecule has 1 fully saturated rings. The van der Waals surface area contributed by atoms with E-state index in [4.69, 9.17) is 25.2 Å². The second kappa shape index (κ2) is 21.5. The molecule has 0 saturated carbocycles. The molecule has 52 heavy (non-hydrogen) atoms. The summed E-state index contributed by atoms with van der Waals surface area (Å²) in [6.07, 6.45) is 6.69. The van der Waals surface area contributed by atoms with Gasteiger partial charge < -0.3 is 30.3 Å². The number of ether oxygens (including phenoxy) is 1. The summed E-state index contributed by atoms with van der Waals surface area (Å²) in [7, 11) is 0. The molecule has 0 aromatic heterocycles. The van der Waals surface area contributed by atoms with Gasteiger partial charge in [0.2, 0.25) is 0 Å². The first-order chi connectivity index (χ1) is 24.9. The maximum absolute atomic E-state index is 11.6. The lowest BCUT2D eigenvalue weighted by molar-refractivity contribution is -0.134. The molecule has 13 nitrogen and oxygen atoms in total. The van der Waals surface area contributed by atoms with Crippen LogP contribution in [0.15, 0.2) is 103 Å². The summed E-state index contributed by atoms with van der Waals surface area (Å²) in [5, 5.41) is 40.9. The fourth-order valence-corrected chi connectivity index (χ4v) is 6.50. The lowest BCUT2D eigenvalue weighted by Gasteiger charge is -2.34. The SMILES string of the molecule is O=C(O)/C=C/C(=O)O.O=C(O)/C=C/C(=O)O.O=C(O)c1ccc2c(c1)C(SCCN1CCN(C/C=C/c3ccccc3)CC1)c1ccccc1CO2. The number of aliphatic carboxylic acids is 4. The van der Waals surface area contributed by atoms with Crippen molar-refractivity contribution in [2.45, 2.75) is 11.9 Å². The Morgan fingerprint density at radius 3 is 1.83 bits per heavy atom. The van der Waals surface area contributed by atoms with Gasteiger partial charge in [-0.15, -0.1) is 11.8 Å². The van der Waals surface area contributed by atoms with Crippen molar-refractivity contribution in [2.24, 2.45) is 0 Å². The van der Waals surface area contributed by atoms with Crippen LogP contribution in [0.4, 0.5) is 0 Å². The third-order valence-corrected chi connectivity index (χ3v) is 8.89. The minimum Gasteiger partial charge on any atom is -0.489 e. The number of hydrogen-bond acceptors (Lipinski definition) is 9. The van der Waals surface area contributed by atoms with Crippen molar-refractivity contribution in [1.29, 1.82) is 0 Å². The molecule has 1 unspecified atom stereocenters. The average Bonchev–Trinajstić information content (AvgIpc) is 3.28. The van der Waals surface area contributed by atoms with Gasteiger partial charge in [-0.05, 0) is 34.9 Å². The molecule has 0 aliphatic carbocycles. The smallest absolute Gasteiger partial charge is 0.335 e. The molecule has 3 aromatic rings. The molecular weight excluding hydrogens is 692 g/mol. The molecular formula is C38H40N2O11S. The number of rotatable bonds is 12. The van der Waals surface area contributed by atoms with Gasteiger partial charge in [-0.25, -0.2) is 24.0 Å². The predicted octanol–water partition coefficient (Wildman–Crippen LogP) is 4.85. The van der Waals surface area contributed by atoms with E-state index >= 15 is 0 Å². The van der Waals surface area contributed by atoms with E-state index in [1.807, 2.05) is 30.0 Å². The summed E-state index contributed by atoms with van der Waals surface area (Å²) >= 11 is 1.88. The van der Waals surface area contributed by atoms with Crippen LogP contribution in [-0.4, -0.2) is 110 Å². The number of benzene rings is 3. The lowest BCUT2D eigenvalue weighted by atomic mass is 9.98. The van der Waals surface area contributed by atoms with Gasteiger partial charge in [0, 0.05) is 74.9 Å². The van der Waals surface area contributed by atoms with Crippen molar-refractivity contribution in [3.63, 3.8) is 0 Å². The first-order valence-corrected chi connectivity index (χ1v) is 17.1. The fraction of sp³-hybridized carbons (Fsp3) is 0.237. The maximum atomic E-state index is 11.6. The molecule has 274 valence electrons. The van der Waals surface area contributed by atoms with Gasteiger partial charge in [0.25, 0.3) is 0 Å². The highest BCUT2D eigenvalue weighted by Crippen LogP contribution is 2.44. The summed E-state index contributed by atoms with van der Waals surface area (Å²) in [5.41, 5.74) is 4.90. The summed E-state index contributed by atoms with van der Waals surface area (Å²) in [4.78, 5) is 54.9. The van der Waals surface area contributed by atoms with Crippen LogP contribution in [0, 0.1) is 0 Å². The second-order valence-electron chi connectivity index (χ2n) is 11.3. The zero-order valence-corrected chi connectivity index (χ0v) is 28.9. The molecule has 14 heteroatoms. The molecule has 5 rings (SSSR count). The van der Waals surface area contributed by atoms with Crippen molar-refractivity contribution < 1.29 is 54.2 Å². The van der Waals surface area contributed by atoms with Gasteiger partial charge in [0.05, 0.1) is 10.8 Å². The number of aromatic carboxylic acids is 1. The number of piperazine rings is 1. The van der Waals surface area contributed by atoms with Crippen LogP contribution in [0.1, 0.15) is 37.9 Å². The van der Waals surface area contributed by atoms with Crippen molar-refractivity contribution in [1.82, 2.24) is 9.80 Å². The molecule has 0 amide bonds. The zero-order chi connectivity index (χ0) is 37.9. The van der Waals surface area contributed by atoms with Crippen LogP contribution < -0.4 is 4.74 Å². The predicted molar refractivity (Wildman–Crippen MR) is 196 cm³/mol. The van der Waals surface area contributed by atoms with E-state index in [1.165, 1.54) is 16.7 Å². The van der Waals surface area contributed by atoms with Crippen molar-refractivity contribution in [3.8, 4) is 5.75 Å². The first-order valence-electron chi connectivity index (χ1n) is 16.1. The van der Waals surface area contributed by atoms with Crippen molar-refractivity contribution in [2.75, 3.05) is 45.0 Å². The van der Waals surface area contributed by atoms with Crippen LogP contribution in [-0.2, 0) is 25.8 Å². The van der Waals surface area contributed by atoms with E-state index in [0.29, 0.717) is 36.5 Å². The second-order valence-corrected chi connectivity index (χ2v) is 12.5. The molecule has 0 spiro atoms. The van der Waals surface area contributed by atoms with Crippen LogP contribution in [0.2, 0.25) is 0 Å². The van der Waals surface area contributed by atoms with Crippen molar-refractivity contribution >= 4 is 47.7 Å². The van der Waals surface area contributed by atoms with Crippen LogP contribution in [0.25, 0.3) is 6.08 Å². The van der Waals surface area contributed by atoms with E-state index in [0.717, 1.165) is 56.3 Å². The molecule has 1 atom stereocenters. The number of carbonyl (C=O) groups is 5. The third-order valence-electron chi connectivity index (χ3n) is 7.63. The van der Waals surface area contributed by atoms with Gasteiger partial charge in [-0.2, -0.15) is 0 Å². The highest BCUT2D eigenvalue weighted by atomic mass is 32.2. The monoisotopic (exact) mass is 732 g/mol. The summed E-state index contributed by atoms with van der Waals surface area (Å²) in [5.74, 6) is -4.18. The molecule has 5 N–H and O–H groups in total. The highest BCUT2D eigenvalue weighted by Gasteiger charge is 2.26. The molecule has 3 aromatic carbocycles. The average molecular weight is 733 g/mol. The molecule has 2 aliphatic rings. The van der Waals surface area contributed by atoms with Gasteiger partial charge >= 0.3 is 29.8 Å². The normalized spacial score (nSPS) is 15.6. The Morgan fingerprint density at radius 1 is 0.692 bits per heavy atom. The van der Waals surface area contributed by atoms with Crippen molar-refractivity contribution in [3.05, 3.63) is 131 Å². The number of fused-ring (bicyclic) bond motifs is 2. The fourth-order valence-electron chi connectivity index (χ4n) is 5.12. The zero-order valence-electron chi connectivity index (χ0n) is 28.1. The molecule has 0 radical (unpaired) electrons. The highest BCUT2D eigenvalue weighted by molar-refractivity contribution is 7.99. The molecule has 2 aliphatic heterocycles. The Bertz CT molecular complexity index is 1700. The van der Waals surface area contributed by atoms with Gasteiger partial charge in [-0.3, -0.25) is 9.80 Å². The Morgan fingerprint density at radius 2 is 1.25 bits per heavy atom. The lowest BCUT2D eigenvalue weighted by Crippen LogP contribution is -2.46. The largest absolute Gasteiger partial charge is 0.489 e. The minimum absolute atomic E-state index is 0.0578. The number of hydrogen-bond donors (Lipinski definition) is 5. The van der Waals surface area contributed by atoms with Gasteiger partial charge in [0.15, 0.2) is 0 Å². The Labute approximate surface area is 304 Å². The topological polar surface area (TPSA) is 202 Å². The summed E-state index contributed by atoms with van der Waals surface area (Å²) in [6.45, 7) is 6.81.